The molecule has 0 amide bonds. The Kier molecular flexibility index (Phi) is 4.62. The van der Waals surface area contributed by atoms with Crippen molar-refractivity contribution in [2.24, 2.45) is 17.6 Å². The molecule has 0 radical (unpaired) electrons. The first kappa shape index (κ1) is 15.3. The lowest BCUT2D eigenvalue weighted by Crippen LogP contribution is -2.42. The first-order valence-electron chi connectivity index (χ1n) is 8.26. The maximum Gasteiger partial charge on any atom is 0.0677 e. The summed E-state index contributed by atoms with van der Waals surface area (Å²) in [5.74, 6) is 1.36. The van der Waals surface area contributed by atoms with E-state index in [2.05, 4.69) is 27.7 Å². The Morgan fingerprint density at radius 2 is 1.63 bits per heavy atom. The van der Waals surface area contributed by atoms with Gasteiger partial charge in [-0.1, -0.05) is 38.5 Å². The van der Waals surface area contributed by atoms with Crippen LogP contribution in [0.15, 0.2) is 0 Å². The van der Waals surface area contributed by atoms with Gasteiger partial charge in [-0.15, -0.1) is 0 Å². The van der Waals surface area contributed by atoms with Crippen molar-refractivity contribution < 1.29 is 4.74 Å². The molecule has 1 aliphatic carbocycles. The van der Waals surface area contributed by atoms with Gasteiger partial charge in [-0.25, -0.2) is 0 Å². The molecule has 2 heteroatoms. The number of hydrogen-bond acceptors (Lipinski definition) is 2. The smallest absolute Gasteiger partial charge is 0.0677 e. The van der Waals surface area contributed by atoms with E-state index in [-0.39, 0.29) is 11.2 Å². The van der Waals surface area contributed by atoms with E-state index in [0.29, 0.717) is 12.0 Å². The van der Waals surface area contributed by atoms with Crippen LogP contribution >= 0.6 is 0 Å². The first-order valence-corrected chi connectivity index (χ1v) is 8.26. The molecule has 2 rings (SSSR count). The number of ether oxygens (including phenoxy) is 1. The van der Waals surface area contributed by atoms with Gasteiger partial charge in [0.2, 0.25) is 0 Å². The van der Waals surface area contributed by atoms with E-state index in [4.69, 9.17) is 10.5 Å². The molecular weight excluding hydrogens is 234 g/mol. The van der Waals surface area contributed by atoms with Crippen molar-refractivity contribution >= 4 is 0 Å². The summed E-state index contributed by atoms with van der Waals surface area (Å²) < 4.78 is 6.20. The zero-order valence-electron chi connectivity index (χ0n) is 13.4. The predicted molar refractivity (Wildman–Crippen MR) is 81.1 cm³/mol. The zero-order valence-corrected chi connectivity index (χ0v) is 13.4. The Balaban J connectivity index is 1.93. The minimum absolute atomic E-state index is 0.00472. The Labute approximate surface area is 119 Å². The molecule has 1 saturated heterocycles. The van der Waals surface area contributed by atoms with Gasteiger partial charge in [-0.3, -0.25) is 0 Å². The number of hydrogen-bond donors (Lipinski definition) is 1. The molecule has 2 atom stereocenters. The molecule has 112 valence electrons. The van der Waals surface area contributed by atoms with Crippen LogP contribution in [0.25, 0.3) is 0 Å². The summed E-state index contributed by atoms with van der Waals surface area (Å²) in [6, 6.07) is 0.305. The lowest BCUT2D eigenvalue weighted by molar-refractivity contribution is -0.0771. The largest absolute Gasteiger partial charge is 0.369 e. The second-order valence-corrected chi connectivity index (χ2v) is 8.03. The van der Waals surface area contributed by atoms with Crippen molar-refractivity contribution in [3.05, 3.63) is 0 Å². The molecule has 19 heavy (non-hydrogen) atoms. The third-order valence-corrected chi connectivity index (χ3v) is 5.24. The standard InChI is InChI=1S/C17H33NO/c1-16(2)12-14(17(3,4)19-16)15(18)11-13-9-7-5-6-8-10-13/h13-15H,5-12,18H2,1-4H3. The van der Waals surface area contributed by atoms with Crippen LogP contribution in [0.2, 0.25) is 0 Å². The molecule has 2 unspecified atom stereocenters. The van der Waals surface area contributed by atoms with Crippen molar-refractivity contribution in [1.29, 1.82) is 0 Å². The highest BCUT2D eigenvalue weighted by Crippen LogP contribution is 2.44. The van der Waals surface area contributed by atoms with Crippen molar-refractivity contribution in [2.45, 2.75) is 96.3 Å². The highest BCUT2D eigenvalue weighted by Gasteiger charge is 2.48. The zero-order chi connectivity index (χ0) is 14.1. The van der Waals surface area contributed by atoms with Crippen molar-refractivity contribution in [3.8, 4) is 0 Å². The molecule has 1 heterocycles. The predicted octanol–water partition coefficient (Wildman–Crippen LogP) is 4.27. The van der Waals surface area contributed by atoms with Gasteiger partial charge in [0.05, 0.1) is 11.2 Å². The molecule has 0 aromatic carbocycles. The van der Waals surface area contributed by atoms with E-state index in [9.17, 15) is 0 Å². The highest BCUT2D eigenvalue weighted by molar-refractivity contribution is 4.99. The Morgan fingerprint density at radius 3 is 2.11 bits per heavy atom. The molecule has 0 bridgehead atoms. The second kappa shape index (κ2) is 5.73. The molecule has 1 saturated carbocycles. The lowest BCUT2D eigenvalue weighted by Gasteiger charge is -2.32. The summed E-state index contributed by atoms with van der Waals surface area (Å²) in [4.78, 5) is 0. The van der Waals surface area contributed by atoms with E-state index in [1.54, 1.807) is 0 Å². The van der Waals surface area contributed by atoms with Gasteiger partial charge in [-0.2, -0.15) is 0 Å². The molecule has 0 aromatic rings. The summed E-state index contributed by atoms with van der Waals surface area (Å²) in [6.07, 6.45) is 10.8. The summed E-state index contributed by atoms with van der Waals surface area (Å²) in [5.41, 5.74) is 6.51. The number of rotatable bonds is 3. The molecular formula is C17H33NO. The van der Waals surface area contributed by atoms with Crippen LogP contribution in [-0.4, -0.2) is 17.2 Å². The van der Waals surface area contributed by atoms with Gasteiger partial charge in [0.25, 0.3) is 0 Å². The Bertz CT molecular complexity index is 290. The maximum absolute atomic E-state index is 6.58. The fourth-order valence-corrected chi connectivity index (χ4v) is 4.42. The van der Waals surface area contributed by atoms with E-state index >= 15 is 0 Å². The quantitative estimate of drug-likeness (QED) is 0.775. The Hall–Kier alpha value is -0.0800. The van der Waals surface area contributed by atoms with Crippen LogP contribution in [0, 0.1) is 11.8 Å². The summed E-state index contributed by atoms with van der Waals surface area (Å²) in [7, 11) is 0. The summed E-state index contributed by atoms with van der Waals surface area (Å²) in [6.45, 7) is 8.85. The molecule has 2 fully saturated rings. The van der Waals surface area contributed by atoms with Gasteiger partial charge in [0, 0.05) is 12.0 Å². The number of nitrogens with two attached hydrogens (primary N) is 1. The minimum Gasteiger partial charge on any atom is -0.369 e. The van der Waals surface area contributed by atoms with Crippen LogP contribution < -0.4 is 5.73 Å². The molecule has 0 spiro atoms. The van der Waals surface area contributed by atoms with Crippen molar-refractivity contribution in [2.75, 3.05) is 0 Å². The fraction of sp³-hybridized carbons (Fsp3) is 1.00. The maximum atomic E-state index is 6.58. The van der Waals surface area contributed by atoms with E-state index in [1.807, 2.05) is 0 Å². The van der Waals surface area contributed by atoms with Crippen molar-refractivity contribution in [3.63, 3.8) is 0 Å². The topological polar surface area (TPSA) is 35.2 Å². The van der Waals surface area contributed by atoms with E-state index in [1.165, 1.54) is 44.9 Å². The molecule has 2 N–H and O–H groups in total. The SMILES string of the molecule is CC1(C)CC(C(N)CC2CCCCCC2)C(C)(C)O1. The monoisotopic (exact) mass is 267 g/mol. The second-order valence-electron chi connectivity index (χ2n) is 8.03. The van der Waals surface area contributed by atoms with Crippen LogP contribution in [0.3, 0.4) is 0 Å². The van der Waals surface area contributed by atoms with E-state index in [0.717, 1.165) is 12.3 Å². The van der Waals surface area contributed by atoms with Crippen LogP contribution in [-0.2, 0) is 4.74 Å². The van der Waals surface area contributed by atoms with Gasteiger partial charge in [-0.05, 0) is 46.5 Å². The van der Waals surface area contributed by atoms with Crippen LogP contribution in [0.4, 0.5) is 0 Å². The first-order chi connectivity index (χ1) is 8.80. The fourth-order valence-electron chi connectivity index (χ4n) is 4.42. The van der Waals surface area contributed by atoms with Gasteiger partial charge in [0.15, 0.2) is 0 Å². The van der Waals surface area contributed by atoms with Gasteiger partial charge >= 0.3 is 0 Å². The van der Waals surface area contributed by atoms with Gasteiger partial charge < -0.3 is 10.5 Å². The van der Waals surface area contributed by atoms with Gasteiger partial charge in [0.1, 0.15) is 0 Å². The molecule has 0 aromatic heterocycles. The third-order valence-electron chi connectivity index (χ3n) is 5.24. The summed E-state index contributed by atoms with van der Waals surface area (Å²) in [5, 5.41) is 0. The Morgan fingerprint density at radius 1 is 1.05 bits per heavy atom. The van der Waals surface area contributed by atoms with Crippen LogP contribution in [0.5, 0.6) is 0 Å². The molecule has 2 aliphatic rings. The molecule has 1 aliphatic heterocycles. The van der Waals surface area contributed by atoms with Crippen molar-refractivity contribution in [1.82, 2.24) is 0 Å². The molecule has 2 nitrogen and oxygen atoms in total. The normalized spacial score (nSPS) is 33.0. The average Bonchev–Trinajstić information content (AvgIpc) is 2.45. The average molecular weight is 267 g/mol. The van der Waals surface area contributed by atoms with E-state index < -0.39 is 0 Å². The highest BCUT2D eigenvalue weighted by atomic mass is 16.5. The third kappa shape index (κ3) is 3.95. The minimum atomic E-state index is -0.0619. The van der Waals surface area contributed by atoms with Crippen LogP contribution in [0.1, 0.15) is 79.1 Å². The summed E-state index contributed by atoms with van der Waals surface area (Å²) >= 11 is 0. The lowest BCUT2D eigenvalue weighted by atomic mass is 9.77.